The van der Waals surface area contributed by atoms with E-state index < -0.39 is 0 Å². The summed E-state index contributed by atoms with van der Waals surface area (Å²) >= 11 is 0. The van der Waals surface area contributed by atoms with Gasteiger partial charge in [-0.15, -0.1) is 0 Å². The smallest absolute Gasteiger partial charge is 0.261 e. The predicted octanol–water partition coefficient (Wildman–Crippen LogP) is 2.48. The molecule has 1 aromatic carbocycles. The lowest BCUT2D eigenvalue weighted by Crippen LogP contribution is -2.24. The molecule has 2 amide bonds. The van der Waals surface area contributed by atoms with E-state index in [9.17, 15) is 9.59 Å². The zero-order chi connectivity index (χ0) is 15.0. The summed E-state index contributed by atoms with van der Waals surface area (Å²) in [6.45, 7) is 2.02. The highest BCUT2D eigenvalue weighted by Crippen LogP contribution is 2.26. The van der Waals surface area contributed by atoms with Crippen molar-refractivity contribution >= 4 is 17.5 Å². The number of nitrogens with one attached hydrogen (secondary N) is 1. The quantitative estimate of drug-likeness (QED) is 0.878. The van der Waals surface area contributed by atoms with Gasteiger partial charge in [0.05, 0.1) is 17.2 Å². The van der Waals surface area contributed by atoms with Crippen LogP contribution in [0.1, 0.15) is 39.2 Å². The topological polar surface area (TPSA) is 62.3 Å². The van der Waals surface area contributed by atoms with Gasteiger partial charge in [0.15, 0.2) is 0 Å². The summed E-state index contributed by atoms with van der Waals surface area (Å²) in [6, 6.07) is 9.16. The molecule has 21 heavy (non-hydrogen) atoms. The van der Waals surface area contributed by atoms with Crippen LogP contribution in [0.2, 0.25) is 0 Å². The number of anilines is 1. The molecule has 0 saturated heterocycles. The average molecular weight is 281 g/mol. The molecule has 1 aliphatic heterocycles. The summed E-state index contributed by atoms with van der Waals surface area (Å²) in [6.07, 6.45) is 3.53. The number of carbonyl (C=O) groups excluding carboxylic acids is 2. The summed E-state index contributed by atoms with van der Waals surface area (Å²) in [5.41, 5.74) is 2.77. The number of aromatic nitrogens is 1. The molecule has 2 heterocycles. The molecule has 106 valence electrons. The fourth-order valence-electron chi connectivity index (χ4n) is 2.42. The molecular formula is C16H15N3O2. The zero-order valence-electron chi connectivity index (χ0n) is 11.8. The first-order valence-corrected chi connectivity index (χ1v) is 6.71. The van der Waals surface area contributed by atoms with E-state index in [1.54, 1.807) is 24.5 Å². The number of amides is 2. The van der Waals surface area contributed by atoms with Crippen molar-refractivity contribution in [2.24, 2.45) is 0 Å². The molecule has 1 aromatic heterocycles. The number of imide groups is 1. The van der Waals surface area contributed by atoms with Crippen LogP contribution in [0.5, 0.6) is 0 Å². The average Bonchev–Trinajstić information content (AvgIpc) is 2.73. The first kappa shape index (κ1) is 13.3. The van der Waals surface area contributed by atoms with E-state index in [0.717, 1.165) is 16.2 Å². The van der Waals surface area contributed by atoms with Crippen LogP contribution in [0.4, 0.5) is 5.69 Å². The Morgan fingerprint density at radius 2 is 1.90 bits per heavy atom. The van der Waals surface area contributed by atoms with E-state index in [2.05, 4.69) is 10.3 Å². The summed E-state index contributed by atoms with van der Waals surface area (Å²) in [5, 5.41) is 3.32. The van der Waals surface area contributed by atoms with Gasteiger partial charge in [0.2, 0.25) is 0 Å². The molecule has 0 saturated carbocycles. The lowest BCUT2D eigenvalue weighted by Gasteiger charge is -2.15. The lowest BCUT2D eigenvalue weighted by atomic mass is 10.1. The Balaban J connectivity index is 1.86. The highest BCUT2D eigenvalue weighted by molar-refractivity contribution is 6.21. The van der Waals surface area contributed by atoms with Gasteiger partial charge in [0.1, 0.15) is 0 Å². The van der Waals surface area contributed by atoms with Gasteiger partial charge in [-0.25, -0.2) is 0 Å². The number of hydrogen-bond donors (Lipinski definition) is 1. The molecule has 1 N–H and O–H groups in total. The van der Waals surface area contributed by atoms with E-state index in [-0.39, 0.29) is 17.9 Å². The van der Waals surface area contributed by atoms with Gasteiger partial charge in [-0.1, -0.05) is 6.07 Å². The first-order valence-electron chi connectivity index (χ1n) is 6.71. The van der Waals surface area contributed by atoms with Crippen LogP contribution < -0.4 is 5.32 Å². The van der Waals surface area contributed by atoms with Gasteiger partial charge >= 0.3 is 0 Å². The minimum absolute atomic E-state index is 0.0571. The van der Waals surface area contributed by atoms with Crippen molar-refractivity contribution in [3.05, 3.63) is 59.4 Å². The van der Waals surface area contributed by atoms with E-state index >= 15 is 0 Å². The molecular weight excluding hydrogens is 266 g/mol. The highest BCUT2D eigenvalue weighted by atomic mass is 16.2. The Morgan fingerprint density at radius 3 is 2.62 bits per heavy atom. The number of hydrogen-bond acceptors (Lipinski definition) is 4. The standard InChI is InChI=1S/C16H15N3O2/c1-10(11-4-3-7-17-9-11)18-12-5-6-13-14(8-12)16(21)19(2)15(13)20/h3-10,18H,1-2H3. The normalized spacial score (nSPS) is 15.0. The first-order chi connectivity index (χ1) is 10.1. The van der Waals surface area contributed by atoms with Gasteiger partial charge < -0.3 is 5.32 Å². The monoisotopic (exact) mass is 281 g/mol. The number of nitrogens with zero attached hydrogens (tertiary/aromatic N) is 2. The molecule has 0 radical (unpaired) electrons. The minimum atomic E-state index is -0.257. The molecule has 0 bridgehead atoms. The molecule has 0 aliphatic carbocycles. The van der Waals surface area contributed by atoms with Gasteiger partial charge in [0, 0.05) is 25.1 Å². The second kappa shape index (κ2) is 5.01. The summed E-state index contributed by atoms with van der Waals surface area (Å²) in [4.78, 5) is 29.1. The Kier molecular flexibility index (Phi) is 3.17. The van der Waals surface area contributed by atoms with Crippen molar-refractivity contribution < 1.29 is 9.59 Å². The van der Waals surface area contributed by atoms with Gasteiger partial charge in [-0.3, -0.25) is 19.5 Å². The third kappa shape index (κ3) is 2.27. The molecule has 5 heteroatoms. The van der Waals surface area contributed by atoms with Gasteiger partial charge in [0.25, 0.3) is 11.8 Å². The zero-order valence-corrected chi connectivity index (χ0v) is 11.8. The number of fused-ring (bicyclic) bond motifs is 1. The molecule has 0 fully saturated rings. The highest BCUT2D eigenvalue weighted by Gasteiger charge is 2.32. The minimum Gasteiger partial charge on any atom is -0.378 e. The number of pyridine rings is 1. The molecule has 5 nitrogen and oxygen atoms in total. The third-order valence-corrected chi connectivity index (χ3v) is 3.66. The summed E-state index contributed by atoms with van der Waals surface area (Å²) in [7, 11) is 1.50. The fraction of sp³-hybridized carbons (Fsp3) is 0.188. The largest absolute Gasteiger partial charge is 0.378 e. The summed E-state index contributed by atoms with van der Waals surface area (Å²) in [5.74, 6) is -0.505. The van der Waals surface area contributed by atoms with Crippen molar-refractivity contribution in [2.75, 3.05) is 12.4 Å². The molecule has 3 rings (SSSR count). The van der Waals surface area contributed by atoms with Crippen LogP contribution >= 0.6 is 0 Å². The van der Waals surface area contributed by atoms with E-state index in [0.29, 0.717) is 11.1 Å². The Labute approximate surface area is 122 Å². The Bertz CT molecular complexity index is 713. The van der Waals surface area contributed by atoms with E-state index in [4.69, 9.17) is 0 Å². The molecule has 1 unspecified atom stereocenters. The van der Waals surface area contributed by atoms with Crippen molar-refractivity contribution in [1.82, 2.24) is 9.88 Å². The van der Waals surface area contributed by atoms with Crippen molar-refractivity contribution in [2.45, 2.75) is 13.0 Å². The second-order valence-electron chi connectivity index (χ2n) is 5.08. The maximum Gasteiger partial charge on any atom is 0.261 e. The molecule has 1 aliphatic rings. The second-order valence-corrected chi connectivity index (χ2v) is 5.08. The Hall–Kier alpha value is -2.69. The third-order valence-electron chi connectivity index (χ3n) is 3.66. The van der Waals surface area contributed by atoms with Gasteiger partial charge in [-0.2, -0.15) is 0 Å². The number of benzene rings is 1. The lowest BCUT2D eigenvalue weighted by molar-refractivity contribution is 0.0693. The molecule has 0 spiro atoms. The van der Waals surface area contributed by atoms with Crippen LogP contribution in [0.3, 0.4) is 0 Å². The predicted molar refractivity (Wildman–Crippen MR) is 79.1 cm³/mol. The van der Waals surface area contributed by atoms with Crippen molar-refractivity contribution in [1.29, 1.82) is 0 Å². The maximum atomic E-state index is 12.0. The molecule has 2 aromatic rings. The van der Waals surface area contributed by atoms with Crippen LogP contribution in [-0.4, -0.2) is 28.7 Å². The summed E-state index contributed by atoms with van der Waals surface area (Å²) < 4.78 is 0. The van der Waals surface area contributed by atoms with Gasteiger partial charge in [-0.05, 0) is 36.8 Å². The number of rotatable bonds is 3. The Morgan fingerprint density at radius 1 is 1.14 bits per heavy atom. The molecule has 1 atom stereocenters. The van der Waals surface area contributed by atoms with Crippen molar-refractivity contribution in [3.63, 3.8) is 0 Å². The van der Waals surface area contributed by atoms with E-state index in [1.165, 1.54) is 7.05 Å². The van der Waals surface area contributed by atoms with Crippen LogP contribution in [-0.2, 0) is 0 Å². The SMILES string of the molecule is CC(Nc1ccc2c(c1)C(=O)N(C)C2=O)c1cccnc1. The van der Waals surface area contributed by atoms with Crippen LogP contribution in [0.25, 0.3) is 0 Å². The number of carbonyl (C=O) groups is 2. The fourth-order valence-corrected chi connectivity index (χ4v) is 2.42. The van der Waals surface area contributed by atoms with E-state index in [1.807, 2.05) is 25.1 Å². The van der Waals surface area contributed by atoms with Crippen LogP contribution in [0.15, 0.2) is 42.7 Å². The van der Waals surface area contributed by atoms with Crippen LogP contribution in [0, 0.1) is 0 Å². The van der Waals surface area contributed by atoms with Crippen molar-refractivity contribution in [3.8, 4) is 0 Å². The maximum absolute atomic E-state index is 12.0.